The largest absolute Gasteiger partial charge is 0.383 e. The number of carbonyl (C=O) groups is 1. The number of Topliss-reactive ketones (excluding diaryl/α,β-unsaturated/α-hetero) is 1. The Bertz CT molecular complexity index is 742. The summed E-state index contributed by atoms with van der Waals surface area (Å²) >= 11 is 0. The number of sulfonamides is 1. The lowest BCUT2D eigenvalue weighted by atomic mass is 10.0. The number of hydrogen-bond donors (Lipinski definition) is 0. The van der Waals surface area contributed by atoms with Crippen LogP contribution in [0.15, 0.2) is 29.7 Å². The first-order valence-electron chi connectivity index (χ1n) is 6.57. The Morgan fingerprint density at radius 2 is 2.04 bits per heavy atom. The highest BCUT2D eigenvalue weighted by Crippen LogP contribution is 2.33. The number of rotatable bonds is 8. The van der Waals surface area contributed by atoms with Crippen LogP contribution < -0.4 is 0 Å². The van der Waals surface area contributed by atoms with Gasteiger partial charge in [0, 0.05) is 37.9 Å². The Morgan fingerprint density at radius 3 is 2.52 bits per heavy atom. The lowest BCUT2D eigenvalue weighted by Gasteiger charge is -2.19. The van der Waals surface area contributed by atoms with Crippen molar-refractivity contribution in [3.05, 3.63) is 40.5 Å². The third kappa shape index (κ3) is 4.01. The Labute approximate surface area is 134 Å². The molecule has 9 heteroatoms. The van der Waals surface area contributed by atoms with E-state index >= 15 is 0 Å². The van der Waals surface area contributed by atoms with E-state index in [0.717, 1.165) is 10.4 Å². The third-order valence-corrected chi connectivity index (χ3v) is 5.17. The molecule has 8 nitrogen and oxygen atoms in total. The first kappa shape index (κ1) is 18.9. The van der Waals surface area contributed by atoms with Crippen molar-refractivity contribution in [2.45, 2.75) is 11.8 Å². The summed E-state index contributed by atoms with van der Waals surface area (Å²) in [7, 11) is -1.50. The van der Waals surface area contributed by atoms with E-state index in [0.29, 0.717) is 0 Å². The van der Waals surface area contributed by atoms with E-state index < -0.39 is 31.3 Å². The standard InChI is InChI=1S/C14H18N2O6S/c1-10(11(2)17)12-6-5-7-13(16(18)19)14(12)23(20,21)15(3)8-9-22-4/h5-7H,1,8-9H2,2-4H3. The van der Waals surface area contributed by atoms with Crippen LogP contribution in [0.1, 0.15) is 12.5 Å². The fraction of sp³-hybridized carbons (Fsp3) is 0.357. The molecule has 1 rings (SSSR count). The Morgan fingerprint density at radius 1 is 1.43 bits per heavy atom. The van der Waals surface area contributed by atoms with Crippen molar-refractivity contribution in [1.29, 1.82) is 0 Å². The zero-order valence-corrected chi connectivity index (χ0v) is 13.9. The van der Waals surface area contributed by atoms with Gasteiger partial charge in [-0.1, -0.05) is 18.7 Å². The molecule has 0 aliphatic carbocycles. The van der Waals surface area contributed by atoms with Gasteiger partial charge in [-0.3, -0.25) is 14.9 Å². The molecule has 0 saturated carbocycles. The SMILES string of the molecule is C=C(C(C)=O)c1cccc([N+](=O)[O-])c1S(=O)(=O)N(C)CCOC. The number of benzene rings is 1. The summed E-state index contributed by atoms with van der Waals surface area (Å²) in [6.45, 7) is 4.89. The number of hydrogen-bond acceptors (Lipinski definition) is 6. The molecule has 0 bridgehead atoms. The highest BCUT2D eigenvalue weighted by Gasteiger charge is 2.33. The van der Waals surface area contributed by atoms with E-state index in [2.05, 4.69) is 6.58 Å². The molecule has 0 atom stereocenters. The van der Waals surface area contributed by atoms with Crippen molar-refractivity contribution in [2.75, 3.05) is 27.3 Å². The lowest BCUT2D eigenvalue weighted by Crippen LogP contribution is -2.31. The van der Waals surface area contributed by atoms with Gasteiger partial charge >= 0.3 is 0 Å². The van der Waals surface area contributed by atoms with Gasteiger partial charge in [-0.25, -0.2) is 8.42 Å². The summed E-state index contributed by atoms with van der Waals surface area (Å²) < 4.78 is 31.2. The van der Waals surface area contributed by atoms with Gasteiger partial charge in [-0.05, 0) is 6.92 Å². The maximum Gasteiger partial charge on any atom is 0.290 e. The fourth-order valence-corrected chi connectivity index (χ4v) is 3.37. The van der Waals surface area contributed by atoms with Crippen molar-refractivity contribution in [1.82, 2.24) is 4.31 Å². The molecular formula is C14H18N2O6S. The molecule has 0 N–H and O–H groups in total. The van der Waals surface area contributed by atoms with Gasteiger partial charge in [0.1, 0.15) is 0 Å². The average Bonchev–Trinajstić information content (AvgIpc) is 2.50. The van der Waals surface area contributed by atoms with Crippen LogP contribution in [0.4, 0.5) is 5.69 Å². The molecule has 0 aliphatic rings. The molecule has 23 heavy (non-hydrogen) atoms. The van der Waals surface area contributed by atoms with Crippen molar-refractivity contribution in [2.24, 2.45) is 0 Å². The first-order valence-corrected chi connectivity index (χ1v) is 8.01. The highest BCUT2D eigenvalue weighted by molar-refractivity contribution is 7.89. The second-order valence-electron chi connectivity index (χ2n) is 4.77. The summed E-state index contributed by atoms with van der Waals surface area (Å²) in [6.07, 6.45) is 0. The van der Waals surface area contributed by atoms with Crippen LogP contribution in [0, 0.1) is 10.1 Å². The summed E-state index contributed by atoms with van der Waals surface area (Å²) in [6, 6.07) is 3.72. The second kappa shape index (κ2) is 7.44. The van der Waals surface area contributed by atoms with Crippen molar-refractivity contribution < 1.29 is 22.9 Å². The number of nitro benzene ring substituents is 1. The van der Waals surface area contributed by atoms with Crippen LogP contribution in [-0.4, -0.2) is 50.7 Å². The number of nitrogens with zero attached hydrogens (tertiary/aromatic N) is 2. The molecule has 0 amide bonds. The fourth-order valence-electron chi connectivity index (χ4n) is 1.86. The molecular weight excluding hydrogens is 324 g/mol. The van der Waals surface area contributed by atoms with Gasteiger partial charge in [-0.15, -0.1) is 0 Å². The summed E-state index contributed by atoms with van der Waals surface area (Å²) in [5.41, 5.74) is -0.780. The number of likely N-dealkylation sites (N-methyl/N-ethyl adjacent to an activating group) is 1. The molecule has 0 aliphatic heterocycles. The monoisotopic (exact) mass is 342 g/mol. The number of ketones is 1. The van der Waals surface area contributed by atoms with Crippen LogP contribution in [0.2, 0.25) is 0 Å². The van der Waals surface area contributed by atoms with Crippen molar-refractivity contribution in [3.63, 3.8) is 0 Å². The normalized spacial score (nSPS) is 11.5. The number of allylic oxidation sites excluding steroid dienone is 1. The van der Waals surface area contributed by atoms with Crippen LogP contribution in [0.5, 0.6) is 0 Å². The van der Waals surface area contributed by atoms with Crippen LogP contribution in [-0.2, 0) is 19.6 Å². The quantitative estimate of drug-likeness (QED) is 0.402. The molecule has 0 heterocycles. The molecule has 0 saturated heterocycles. The minimum atomic E-state index is -4.20. The Balaban J connectivity index is 3.62. The molecule has 126 valence electrons. The van der Waals surface area contributed by atoms with Gasteiger partial charge in [-0.2, -0.15) is 4.31 Å². The summed E-state index contributed by atoms with van der Waals surface area (Å²) in [5.74, 6) is -0.471. The number of nitro groups is 1. The third-order valence-electron chi connectivity index (χ3n) is 3.22. The zero-order valence-electron chi connectivity index (χ0n) is 13.1. The van der Waals surface area contributed by atoms with Crippen LogP contribution >= 0.6 is 0 Å². The Kier molecular flexibility index (Phi) is 6.13. The molecule has 1 aromatic carbocycles. The molecule has 0 radical (unpaired) electrons. The molecule has 0 aromatic heterocycles. The molecule has 1 aromatic rings. The molecule has 0 unspecified atom stereocenters. The van der Waals surface area contributed by atoms with Crippen molar-refractivity contribution >= 4 is 27.1 Å². The first-order chi connectivity index (χ1) is 10.6. The van der Waals surface area contributed by atoms with E-state index in [9.17, 15) is 23.3 Å². The van der Waals surface area contributed by atoms with Crippen LogP contribution in [0.25, 0.3) is 5.57 Å². The number of ether oxygens (including phenoxy) is 1. The van der Waals surface area contributed by atoms with E-state index in [1.165, 1.54) is 33.2 Å². The summed E-state index contributed by atoms with van der Waals surface area (Å²) in [4.78, 5) is 21.4. The van der Waals surface area contributed by atoms with E-state index in [4.69, 9.17) is 4.74 Å². The predicted octanol–water partition coefficient (Wildman–Crippen LogP) is 1.46. The topological polar surface area (TPSA) is 107 Å². The van der Waals surface area contributed by atoms with Gasteiger partial charge in [0.05, 0.1) is 11.5 Å². The number of methoxy groups -OCH3 is 1. The van der Waals surface area contributed by atoms with Crippen molar-refractivity contribution in [3.8, 4) is 0 Å². The maximum absolute atomic E-state index is 12.7. The smallest absolute Gasteiger partial charge is 0.290 e. The molecule has 0 spiro atoms. The Hall–Kier alpha value is -2.10. The van der Waals surface area contributed by atoms with E-state index in [1.807, 2.05) is 0 Å². The van der Waals surface area contributed by atoms with Gasteiger partial charge in [0.25, 0.3) is 5.69 Å². The van der Waals surface area contributed by atoms with Gasteiger partial charge < -0.3 is 4.74 Å². The van der Waals surface area contributed by atoms with E-state index in [-0.39, 0.29) is 24.3 Å². The second-order valence-corrected chi connectivity index (χ2v) is 6.75. The predicted molar refractivity (Wildman–Crippen MR) is 84.5 cm³/mol. The highest BCUT2D eigenvalue weighted by atomic mass is 32.2. The molecule has 0 fully saturated rings. The summed E-state index contributed by atoms with van der Waals surface area (Å²) in [5, 5.41) is 11.2. The van der Waals surface area contributed by atoms with Gasteiger partial charge in [0.2, 0.25) is 10.0 Å². The average molecular weight is 342 g/mol. The minimum Gasteiger partial charge on any atom is -0.383 e. The maximum atomic E-state index is 12.7. The minimum absolute atomic E-state index is 0.0108. The van der Waals surface area contributed by atoms with Crippen LogP contribution in [0.3, 0.4) is 0 Å². The zero-order chi connectivity index (χ0) is 17.8. The lowest BCUT2D eigenvalue weighted by molar-refractivity contribution is -0.387. The number of carbonyl (C=O) groups excluding carboxylic acids is 1. The van der Waals surface area contributed by atoms with E-state index in [1.54, 1.807) is 0 Å². The van der Waals surface area contributed by atoms with Gasteiger partial charge in [0.15, 0.2) is 10.7 Å².